The molecule has 1 atom stereocenters. The molecule has 9 heteroatoms. The molecular weight excluding hydrogens is 408 g/mol. The van der Waals surface area contributed by atoms with Gasteiger partial charge in [0.25, 0.3) is 5.91 Å². The summed E-state index contributed by atoms with van der Waals surface area (Å²) in [5, 5.41) is 2.75. The zero-order valence-electron chi connectivity index (χ0n) is 18.0. The third kappa shape index (κ3) is 6.43. The van der Waals surface area contributed by atoms with Crippen molar-refractivity contribution in [2.75, 3.05) is 26.8 Å². The Balaban J connectivity index is 2.14. The van der Waals surface area contributed by atoms with Crippen LogP contribution in [0.5, 0.6) is 5.75 Å². The Labute approximate surface area is 179 Å². The highest BCUT2D eigenvalue weighted by Crippen LogP contribution is 2.29. The topological polar surface area (TPSA) is 102 Å². The van der Waals surface area contributed by atoms with E-state index in [0.29, 0.717) is 13.1 Å². The number of amides is 1. The second-order valence-electron chi connectivity index (χ2n) is 7.52. The number of carbonyl (C=O) groups excluding carboxylic acids is 2. The lowest BCUT2D eigenvalue weighted by molar-refractivity contribution is -0.124. The van der Waals surface area contributed by atoms with Gasteiger partial charge in [-0.05, 0) is 44.4 Å². The van der Waals surface area contributed by atoms with Gasteiger partial charge >= 0.3 is 5.97 Å². The van der Waals surface area contributed by atoms with Crippen LogP contribution in [-0.4, -0.2) is 57.4 Å². The fourth-order valence-electron chi connectivity index (χ4n) is 3.46. The molecule has 1 fully saturated rings. The number of esters is 1. The molecule has 0 spiro atoms. The maximum atomic E-state index is 13.2. The van der Waals surface area contributed by atoms with Crippen LogP contribution < -0.4 is 10.1 Å². The second-order valence-corrected chi connectivity index (χ2v) is 9.42. The molecule has 0 saturated carbocycles. The fourth-order valence-corrected chi connectivity index (χ4v) is 5.16. The number of hydrogen-bond acceptors (Lipinski definition) is 6. The van der Waals surface area contributed by atoms with Crippen LogP contribution in [0.2, 0.25) is 0 Å². The zero-order chi connectivity index (χ0) is 22.1. The van der Waals surface area contributed by atoms with Crippen molar-refractivity contribution in [1.82, 2.24) is 9.62 Å². The normalized spacial score (nSPS) is 16.4. The van der Waals surface area contributed by atoms with Gasteiger partial charge in [0.2, 0.25) is 10.0 Å². The van der Waals surface area contributed by atoms with E-state index in [1.807, 2.05) is 13.8 Å². The summed E-state index contributed by atoms with van der Waals surface area (Å²) >= 11 is 0. The van der Waals surface area contributed by atoms with Crippen molar-refractivity contribution in [3.63, 3.8) is 0 Å². The van der Waals surface area contributed by atoms with Crippen molar-refractivity contribution in [2.45, 2.75) is 63.3 Å². The molecule has 0 radical (unpaired) electrons. The van der Waals surface area contributed by atoms with Crippen LogP contribution >= 0.6 is 0 Å². The van der Waals surface area contributed by atoms with Gasteiger partial charge in [0.15, 0.2) is 6.61 Å². The number of carbonyl (C=O) groups is 2. The van der Waals surface area contributed by atoms with Crippen molar-refractivity contribution < 1.29 is 27.5 Å². The van der Waals surface area contributed by atoms with Gasteiger partial charge in [-0.25, -0.2) is 13.2 Å². The van der Waals surface area contributed by atoms with Crippen molar-refractivity contribution >= 4 is 21.9 Å². The molecule has 30 heavy (non-hydrogen) atoms. The fraction of sp³-hybridized carbons (Fsp3) is 0.619. The largest absolute Gasteiger partial charge is 0.495 e. The zero-order valence-corrected chi connectivity index (χ0v) is 18.8. The summed E-state index contributed by atoms with van der Waals surface area (Å²) in [4.78, 5) is 24.3. The monoisotopic (exact) mass is 440 g/mol. The van der Waals surface area contributed by atoms with Gasteiger partial charge in [-0.2, -0.15) is 4.31 Å². The molecule has 0 bridgehead atoms. The van der Waals surface area contributed by atoms with E-state index in [4.69, 9.17) is 9.47 Å². The van der Waals surface area contributed by atoms with Gasteiger partial charge in [-0.3, -0.25) is 4.79 Å². The number of hydrogen-bond donors (Lipinski definition) is 1. The van der Waals surface area contributed by atoms with Crippen LogP contribution in [0, 0.1) is 0 Å². The molecule has 2 rings (SSSR count). The molecule has 1 aliphatic heterocycles. The first-order valence-electron chi connectivity index (χ1n) is 10.4. The number of benzene rings is 1. The minimum atomic E-state index is -3.82. The van der Waals surface area contributed by atoms with Gasteiger partial charge in [0, 0.05) is 19.1 Å². The van der Waals surface area contributed by atoms with Crippen LogP contribution in [0.25, 0.3) is 0 Å². The molecule has 1 amide bonds. The predicted octanol–water partition coefficient (Wildman–Crippen LogP) is 2.72. The molecule has 8 nitrogen and oxygen atoms in total. The number of nitrogens with one attached hydrogen (secondary N) is 1. The van der Waals surface area contributed by atoms with Crippen molar-refractivity contribution in [3.05, 3.63) is 23.8 Å². The maximum Gasteiger partial charge on any atom is 0.338 e. The molecule has 1 aliphatic rings. The maximum absolute atomic E-state index is 13.2. The van der Waals surface area contributed by atoms with Crippen LogP contribution in [0.1, 0.15) is 62.7 Å². The van der Waals surface area contributed by atoms with E-state index < -0.39 is 28.5 Å². The lowest BCUT2D eigenvalue weighted by Crippen LogP contribution is -2.35. The van der Waals surface area contributed by atoms with E-state index in [-0.39, 0.29) is 22.3 Å². The molecule has 0 aliphatic carbocycles. The number of nitrogens with zero attached hydrogens (tertiary/aromatic N) is 1. The number of methoxy groups -OCH3 is 1. The number of sulfonamides is 1. The first kappa shape index (κ1) is 24.1. The van der Waals surface area contributed by atoms with Gasteiger partial charge in [0.1, 0.15) is 10.6 Å². The number of ether oxygens (including phenoxy) is 2. The highest BCUT2D eigenvalue weighted by Gasteiger charge is 2.29. The van der Waals surface area contributed by atoms with E-state index in [0.717, 1.165) is 38.5 Å². The van der Waals surface area contributed by atoms with Crippen LogP contribution in [-0.2, 0) is 19.6 Å². The quantitative estimate of drug-likeness (QED) is 0.593. The minimum Gasteiger partial charge on any atom is -0.495 e. The lowest BCUT2D eigenvalue weighted by atomic mass is 10.2. The Morgan fingerprint density at radius 1 is 1.17 bits per heavy atom. The molecule has 0 aromatic heterocycles. The third-order valence-electron chi connectivity index (χ3n) is 5.05. The van der Waals surface area contributed by atoms with E-state index in [2.05, 4.69) is 5.32 Å². The average molecular weight is 441 g/mol. The van der Waals surface area contributed by atoms with Crippen molar-refractivity contribution in [2.24, 2.45) is 0 Å². The van der Waals surface area contributed by atoms with Crippen molar-refractivity contribution in [1.29, 1.82) is 0 Å². The summed E-state index contributed by atoms with van der Waals surface area (Å²) in [5.74, 6) is -0.986. The molecule has 1 aromatic rings. The Bertz CT molecular complexity index is 832. The first-order chi connectivity index (χ1) is 14.3. The van der Waals surface area contributed by atoms with Gasteiger partial charge in [0.05, 0.1) is 12.7 Å². The molecule has 1 heterocycles. The lowest BCUT2D eigenvalue weighted by Gasteiger charge is -2.21. The second kappa shape index (κ2) is 11.3. The van der Waals surface area contributed by atoms with Crippen LogP contribution in [0.4, 0.5) is 0 Å². The summed E-state index contributed by atoms with van der Waals surface area (Å²) in [6.07, 6.45) is 5.35. The van der Waals surface area contributed by atoms with Gasteiger partial charge in [-0.15, -0.1) is 0 Å². The highest BCUT2D eigenvalue weighted by atomic mass is 32.2. The summed E-state index contributed by atoms with van der Waals surface area (Å²) < 4.78 is 38.1. The van der Waals surface area contributed by atoms with Crippen LogP contribution in [0.15, 0.2) is 23.1 Å². The highest BCUT2D eigenvalue weighted by molar-refractivity contribution is 7.89. The summed E-state index contributed by atoms with van der Waals surface area (Å²) in [6, 6.07) is 4.12. The SMILES string of the molecule is CCC[C@H](C)NC(=O)COC(=O)c1ccc(OC)c(S(=O)(=O)N2CCCCCC2)c1. The molecule has 0 unspecified atom stereocenters. The summed E-state index contributed by atoms with van der Waals surface area (Å²) in [5.41, 5.74) is 0.0543. The minimum absolute atomic E-state index is 0.00689. The summed E-state index contributed by atoms with van der Waals surface area (Å²) in [7, 11) is -2.43. The smallest absolute Gasteiger partial charge is 0.338 e. The molecule has 1 aromatic carbocycles. The predicted molar refractivity (Wildman–Crippen MR) is 113 cm³/mol. The van der Waals surface area contributed by atoms with E-state index in [1.54, 1.807) is 0 Å². The summed E-state index contributed by atoms with van der Waals surface area (Å²) in [6.45, 7) is 4.36. The van der Waals surface area contributed by atoms with Gasteiger partial charge < -0.3 is 14.8 Å². The standard InChI is InChI=1S/C21H32N2O6S/c1-4-9-16(2)22-20(24)15-29-21(25)17-10-11-18(28-3)19(14-17)30(26,27)23-12-7-5-6-8-13-23/h10-11,14,16H,4-9,12-13,15H2,1-3H3,(H,22,24)/t16-/m0/s1. The third-order valence-corrected chi connectivity index (χ3v) is 6.97. The number of rotatable bonds is 9. The first-order valence-corrected chi connectivity index (χ1v) is 11.9. The Morgan fingerprint density at radius 3 is 2.43 bits per heavy atom. The van der Waals surface area contributed by atoms with E-state index >= 15 is 0 Å². The Morgan fingerprint density at radius 2 is 1.83 bits per heavy atom. The van der Waals surface area contributed by atoms with Gasteiger partial charge in [-0.1, -0.05) is 26.2 Å². The molecule has 1 saturated heterocycles. The molecular formula is C21H32N2O6S. The Hall–Kier alpha value is -2.13. The molecule has 168 valence electrons. The van der Waals surface area contributed by atoms with E-state index in [1.165, 1.54) is 29.6 Å². The Kier molecular flexibility index (Phi) is 9.10. The van der Waals surface area contributed by atoms with Crippen molar-refractivity contribution in [3.8, 4) is 5.75 Å². The molecule has 1 N–H and O–H groups in total. The van der Waals surface area contributed by atoms with E-state index in [9.17, 15) is 18.0 Å². The van der Waals surface area contributed by atoms with Crippen LogP contribution in [0.3, 0.4) is 0 Å². The average Bonchev–Trinajstić information content (AvgIpc) is 3.01.